The Hall–Kier alpha value is -0.810. The lowest BCUT2D eigenvalue weighted by Crippen LogP contribution is -2.21. The summed E-state index contributed by atoms with van der Waals surface area (Å²) in [7, 11) is 0. The number of halogens is 2. The SMILES string of the molecule is CC(C)NCc1nc(COc2cc(Cl)cc(Cl)c2)cs1. The molecular weight excluding hydrogens is 315 g/mol. The molecule has 1 N–H and O–H groups in total. The van der Waals surface area contributed by atoms with Crippen molar-refractivity contribution < 1.29 is 4.74 Å². The van der Waals surface area contributed by atoms with Crippen LogP contribution in [-0.2, 0) is 13.2 Å². The van der Waals surface area contributed by atoms with E-state index in [0.717, 1.165) is 17.2 Å². The fourth-order valence-corrected chi connectivity index (χ4v) is 2.79. The van der Waals surface area contributed by atoms with Crippen molar-refractivity contribution in [2.45, 2.75) is 33.0 Å². The Morgan fingerprint density at radius 1 is 1.25 bits per heavy atom. The first-order chi connectivity index (χ1) is 9.52. The molecule has 1 aromatic heterocycles. The number of thiazole rings is 1. The predicted molar refractivity (Wildman–Crippen MR) is 84.9 cm³/mol. The lowest BCUT2D eigenvalue weighted by molar-refractivity contribution is 0.302. The van der Waals surface area contributed by atoms with Crippen LogP contribution in [-0.4, -0.2) is 11.0 Å². The van der Waals surface area contributed by atoms with Gasteiger partial charge in [0.05, 0.1) is 5.69 Å². The third-order valence-corrected chi connectivity index (χ3v) is 3.82. The van der Waals surface area contributed by atoms with Crippen LogP contribution in [0.25, 0.3) is 0 Å². The molecule has 0 unspecified atom stereocenters. The van der Waals surface area contributed by atoms with Crippen LogP contribution < -0.4 is 10.1 Å². The summed E-state index contributed by atoms with van der Waals surface area (Å²) in [6.07, 6.45) is 0. The van der Waals surface area contributed by atoms with Crippen LogP contribution in [0.4, 0.5) is 0 Å². The summed E-state index contributed by atoms with van der Waals surface area (Å²) >= 11 is 13.5. The molecular formula is C14H16Cl2N2OS. The fourth-order valence-electron chi connectivity index (χ4n) is 1.56. The number of nitrogens with zero attached hydrogens (tertiary/aromatic N) is 1. The van der Waals surface area contributed by atoms with Gasteiger partial charge in [0, 0.05) is 28.0 Å². The Bertz CT molecular complexity index is 552. The van der Waals surface area contributed by atoms with Gasteiger partial charge in [0.15, 0.2) is 0 Å². The van der Waals surface area contributed by atoms with E-state index in [1.165, 1.54) is 0 Å². The van der Waals surface area contributed by atoms with Crippen molar-refractivity contribution in [2.75, 3.05) is 0 Å². The van der Waals surface area contributed by atoms with Gasteiger partial charge < -0.3 is 10.1 Å². The van der Waals surface area contributed by atoms with Crippen molar-refractivity contribution in [3.63, 3.8) is 0 Å². The van der Waals surface area contributed by atoms with E-state index in [1.807, 2.05) is 5.38 Å². The first-order valence-electron chi connectivity index (χ1n) is 6.28. The highest BCUT2D eigenvalue weighted by molar-refractivity contribution is 7.09. The van der Waals surface area contributed by atoms with E-state index in [1.54, 1.807) is 29.5 Å². The monoisotopic (exact) mass is 330 g/mol. The maximum Gasteiger partial charge on any atom is 0.131 e. The molecule has 1 heterocycles. The van der Waals surface area contributed by atoms with Crippen molar-refractivity contribution in [3.8, 4) is 5.75 Å². The highest BCUT2D eigenvalue weighted by atomic mass is 35.5. The summed E-state index contributed by atoms with van der Waals surface area (Å²) in [4.78, 5) is 4.51. The number of aromatic nitrogens is 1. The molecule has 0 bridgehead atoms. The summed E-state index contributed by atoms with van der Waals surface area (Å²) in [5.41, 5.74) is 0.909. The molecule has 6 heteroatoms. The number of hydrogen-bond acceptors (Lipinski definition) is 4. The molecule has 0 amide bonds. The molecule has 0 aliphatic carbocycles. The predicted octanol–water partition coefficient (Wildman–Crippen LogP) is 4.53. The fraction of sp³-hybridized carbons (Fsp3) is 0.357. The molecule has 0 aliphatic heterocycles. The minimum atomic E-state index is 0.412. The van der Waals surface area contributed by atoms with Gasteiger partial charge in [-0.25, -0.2) is 4.98 Å². The van der Waals surface area contributed by atoms with Gasteiger partial charge in [-0.3, -0.25) is 0 Å². The van der Waals surface area contributed by atoms with Crippen LogP contribution in [0.5, 0.6) is 5.75 Å². The second kappa shape index (κ2) is 7.27. The Kier molecular flexibility index (Phi) is 5.66. The van der Waals surface area contributed by atoms with E-state index in [4.69, 9.17) is 27.9 Å². The van der Waals surface area contributed by atoms with Crippen LogP contribution >= 0.6 is 34.5 Å². The summed E-state index contributed by atoms with van der Waals surface area (Å²) in [6, 6.07) is 5.60. The van der Waals surface area contributed by atoms with Crippen LogP contribution in [0.2, 0.25) is 10.0 Å². The summed E-state index contributed by atoms with van der Waals surface area (Å²) < 4.78 is 5.65. The van der Waals surface area contributed by atoms with E-state index in [2.05, 4.69) is 24.1 Å². The Morgan fingerprint density at radius 3 is 2.60 bits per heavy atom. The molecule has 0 aliphatic rings. The van der Waals surface area contributed by atoms with Gasteiger partial charge in [0.1, 0.15) is 17.4 Å². The lowest BCUT2D eigenvalue weighted by Gasteiger charge is -2.06. The van der Waals surface area contributed by atoms with Gasteiger partial charge in [0.2, 0.25) is 0 Å². The van der Waals surface area contributed by atoms with Crippen molar-refractivity contribution in [3.05, 3.63) is 44.3 Å². The number of rotatable bonds is 6. The number of hydrogen-bond donors (Lipinski definition) is 1. The number of ether oxygens (including phenoxy) is 1. The van der Waals surface area contributed by atoms with E-state index in [-0.39, 0.29) is 0 Å². The molecule has 1 aromatic carbocycles. The number of nitrogens with one attached hydrogen (secondary N) is 1. The van der Waals surface area contributed by atoms with Gasteiger partial charge in [0.25, 0.3) is 0 Å². The van der Waals surface area contributed by atoms with E-state index in [9.17, 15) is 0 Å². The summed E-state index contributed by atoms with van der Waals surface area (Å²) in [5, 5.41) is 7.52. The van der Waals surface area contributed by atoms with Crippen molar-refractivity contribution in [1.29, 1.82) is 0 Å². The van der Waals surface area contributed by atoms with Crippen molar-refractivity contribution in [1.82, 2.24) is 10.3 Å². The minimum absolute atomic E-state index is 0.412. The molecule has 2 rings (SSSR count). The Labute approximate surface area is 132 Å². The molecule has 0 atom stereocenters. The lowest BCUT2D eigenvalue weighted by atomic mass is 10.3. The Balaban J connectivity index is 1.90. The maximum absolute atomic E-state index is 5.92. The largest absolute Gasteiger partial charge is 0.487 e. The summed E-state index contributed by atoms with van der Waals surface area (Å²) in [5.74, 6) is 0.650. The standard InChI is InChI=1S/C14H16Cl2N2OS/c1-9(2)17-6-14-18-12(8-20-14)7-19-13-4-10(15)3-11(16)5-13/h3-5,8-9,17H,6-7H2,1-2H3. The third-order valence-electron chi connectivity index (χ3n) is 2.48. The quantitative estimate of drug-likeness (QED) is 0.845. The topological polar surface area (TPSA) is 34.2 Å². The van der Waals surface area contributed by atoms with E-state index < -0.39 is 0 Å². The minimum Gasteiger partial charge on any atom is -0.487 e. The molecule has 3 nitrogen and oxygen atoms in total. The smallest absolute Gasteiger partial charge is 0.131 e. The highest BCUT2D eigenvalue weighted by Crippen LogP contribution is 2.25. The maximum atomic E-state index is 5.92. The average Bonchev–Trinajstić information content (AvgIpc) is 2.81. The van der Waals surface area contributed by atoms with Gasteiger partial charge in [-0.1, -0.05) is 37.0 Å². The van der Waals surface area contributed by atoms with Crippen LogP contribution in [0.15, 0.2) is 23.6 Å². The molecule has 0 radical (unpaired) electrons. The second-order valence-corrected chi connectivity index (χ2v) is 6.48. The molecule has 0 saturated carbocycles. The van der Waals surface area contributed by atoms with Gasteiger partial charge in [-0.2, -0.15) is 0 Å². The summed E-state index contributed by atoms with van der Waals surface area (Å²) in [6.45, 7) is 5.42. The van der Waals surface area contributed by atoms with Crippen LogP contribution in [0.3, 0.4) is 0 Å². The van der Waals surface area contributed by atoms with Crippen molar-refractivity contribution >= 4 is 34.5 Å². The molecule has 0 spiro atoms. The van der Waals surface area contributed by atoms with Gasteiger partial charge in [-0.05, 0) is 18.2 Å². The zero-order valence-electron chi connectivity index (χ0n) is 11.3. The molecule has 108 valence electrons. The third kappa shape index (κ3) is 4.94. The van der Waals surface area contributed by atoms with E-state index in [0.29, 0.717) is 28.4 Å². The van der Waals surface area contributed by atoms with Gasteiger partial charge in [-0.15, -0.1) is 11.3 Å². The second-order valence-electron chi connectivity index (χ2n) is 4.66. The molecule has 2 aromatic rings. The van der Waals surface area contributed by atoms with Crippen LogP contribution in [0.1, 0.15) is 24.5 Å². The van der Waals surface area contributed by atoms with E-state index >= 15 is 0 Å². The first kappa shape index (κ1) is 15.6. The zero-order valence-corrected chi connectivity index (χ0v) is 13.6. The number of benzene rings is 1. The van der Waals surface area contributed by atoms with Crippen molar-refractivity contribution in [2.24, 2.45) is 0 Å². The highest BCUT2D eigenvalue weighted by Gasteiger charge is 2.05. The Morgan fingerprint density at radius 2 is 1.95 bits per heavy atom. The molecule has 0 saturated heterocycles. The zero-order chi connectivity index (χ0) is 14.5. The molecule has 20 heavy (non-hydrogen) atoms. The van der Waals surface area contributed by atoms with Crippen LogP contribution in [0, 0.1) is 0 Å². The normalized spacial score (nSPS) is 11.1. The van der Waals surface area contributed by atoms with Gasteiger partial charge >= 0.3 is 0 Å². The molecule has 0 fully saturated rings. The average molecular weight is 331 g/mol. The first-order valence-corrected chi connectivity index (χ1v) is 7.92.